The second-order valence-corrected chi connectivity index (χ2v) is 16.6. The number of thioether (sulfide) groups is 1. The van der Waals surface area contributed by atoms with Gasteiger partial charge in [-0.3, -0.25) is 14.5 Å². The summed E-state index contributed by atoms with van der Waals surface area (Å²) < 4.78 is 11.2. The Morgan fingerprint density at radius 1 is 0.765 bits per heavy atom. The van der Waals surface area contributed by atoms with Gasteiger partial charge in [-0.25, -0.2) is 4.79 Å². The maximum Gasteiger partial charge on any atom is 0.355 e. The molecule has 1 N–H and O–H groups in total. The number of nitrogens with zero attached hydrogens (tertiary/aromatic N) is 1. The van der Waals surface area contributed by atoms with E-state index in [1.54, 1.807) is 18.9 Å². The second-order valence-electron chi connectivity index (χ2n) is 12.3. The van der Waals surface area contributed by atoms with Crippen LogP contribution in [-0.4, -0.2) is 52.8 Å². The molecule has 0 spiro atoms. The van der Waals surface area contributed by atoms with E-state index >= 15 is 0 Å². The highest BCUT2D eigenvalue weighted by molar-refractivity contribution is 8.00. The Morgan fingerprint density at radius 2 is 1.29 bits per heavy atom. The number of nitrogens with one attached hydrogen (secondary N) is 1. The van der Waals surface area contributed by atoms with Gasteiger partial charge in [0.15, 0.2) is 0 Å². The minimum absolute atomic E-state index is 0.0209. The molecular weight excluding hydrogens is 676 g/mol. The number of rotatable bonds is 11. The first kappa shape index (κ1) is 34.2. The summed E-state index contributed by atoms with van der Waals surface area (Å²) in [5, 5.41) is 5.85. The van der Waals surface area contributed by atoms with Gasteiger partial charge in [0.1, 0.15) is 29.5 Å². The highest BCUT2D eigenvalue weighted by Gasteiger charge is 2.54. The third kappa shape index (κ3) is 7.03. The van der Waals surface area contributed by atoms with Crippen LogP contribution in [0, 0.1) is 0 Å². The molecule has 9 heteroatoms. The summed E-state index contributed by atoms with van der Waals surface area (Å²) >= 11 is 1.54. The molecule has 256 valence electrons. The van der Waals surface area contributed by atoms with E-state index in [2.05, 4.69) is 47.5 Å². The van der Waals surface area contributed by atoms with E-state index in [0.717, 1.165) is 32.6 Å². The molecule has 0 aromatic heterocycles. The van der Waals surface area contributed by atoms with E-state index in [1.807, 2.05) is 109 Å². The van der Waals surface area contributed by atoms with E-state index in [0.29, 0.717) is 11.5 Å². The number of carbonyl (C=O) groups excluding carboxylic acids is 3. The van der Waals surface area contributed by atoms with Crippen molar-refractivity contribution in [2.24, 2.45) is 0 Å². The minimum Gasteiger partial charge on any atom is -0.497 e. The Bertz CT molecular complexity index is 2000. The van der Waals surface area contributed by atoms with Crippen molar-refractivity contribution in [3.8, 4) is 5.75 Å². The van der Waals surface area contributed by atoms with Crippen molar-refractivity contribution >= 4 is 58.1 Å². The van der Waals surface area contributed by atoms with Crippen LogP contribution in [0.1, 0.15) is 11.1 Å². The molecule has 0 aliphatic carbocycles. The van der Waals surface area contributed by atoms with Crippen LogP contribution in [0.4, 0.5) is 0 Å². The highest BCUT2D eigenvalue weighted by atomic mass is 32.2. The van der Waals surface area contributed by atoms with Gasteiger partial charge in [-0.1, -0.05) is 133 Å². The first-order valence-electron chi connectivity index (χ1n) is 16.7. The van der Waals surface area contributed by atoms with Crippen LogP contribution in [-0.2, 0) is 32.1 Å². The van der Waals surface area contributed by atoms with Crippen LogP contribution in [0.3, 0.4) is 0 Å². The smallest absolute Gasteiger partial charge is 0.355 e. The third-order valence-corrected chi connectivity index (χ3v) is 14.4. The van der Waals surface area contributed by atoms with Gasteiger partial charge >= 0.3 is 5.97 Å². The Kier molecular flexibility index (Phi) is 10.2. The van der Waals surface area contributed by atoms with E-state index < -0.39 is 24.3 Å². The molecule has 2 aliphatic rings. The Labute approximate surface area is 302 Å². The highest BCUT2D eigenvalue weighted by Crippen LogP contribution is 2.47. The Balaban J connectivity index is 1.33. The molecule has 2 atom stereocenters. The van der Waals surface area contributed by atoms with Gasteiger partial charge in [0, 0.05) is 5.75 Å². The maximum absolute atomic E-state index is 14.3. The second kappa shape index (κ2) is 15.3. The lowest BCUT2D eigenvalue weighted by atomic mass is 10.0. The van der Waals surface area contributed by atoms with Crippen LogP contribution in [0.2, 0.25) is 0 Å². The van der Waals surface area contributed by atoms with Gasteiger partial charge < -0.3 is 14.8 Å². The van der Waals surface area contributed by atoms with Crippen LogP contribution in [0.15, 0.2) is 157 Å². The summed E-state index contributed by atoms with van der Waals surface area (Å²) in [7, 11) is 1.60. The zero-order chi connectivity index (χ0) is 35.2. The van der Waals surface area contributed by atoms with E-state index in [1.165, 1.54) is 4.90 Å². The monoisotopic (exact) mass is 712 g/mol. The number of β-lactam (4-membered cyclic amide) rings is 1. The number of benzene rings is 5. The number of fused-ring (bicyclic) bond motifs is 1. The SMILES string of the molecule is COc1ccc(COC(=O)C2=C(C=P(c3ccccc3)(c3ccccc3)c3ccccc3)CS[C@@H]3C(NC(=O)Cc4ccccc4)C(=O)N23)cc1. The zero-order valence-electron chi connectivity index (χ0n) is 28.1. The molecule has 1 fully saturated rings. The number of methoxy groups -OCH3 is 1. The number of hydrogen-bond acceptors (Lipinski definition) is 6. The van der Waals surface area contributed by atoms with Crippen molar-refractivity contribution in [1.29, 1.82) is 0 Å². The van der Waals surface area contributed by atoms with Gasteiger partial charge in [0.2, 0.25) is 5.91 Å². The van der Waals surface area contributed by atoms with Crippen molar-refractivity contribution in [3.63, 3.8) is 0 Å². The molecule has 7 nitrogen and oxygen atoms in total. The van der Waals surface area contributed by atoms with Crippen molar-refractivity contribution < 1.29 is 23.9 Å². The predicted octanol–water partition coefficient (Wildman–Crippen LogP) is 5.43. The molecule has 2 aliphatic heterocycles. The van der Waals surface area contributed by atoms with Gasteiger partial charge in [0.25, 0.3) is 5.91 Å². The van der Waals surface area contributed by atoms with E-state index in [9.17, 15) is 14.4 Å². The maximum atomic E-state index is 14.3. The molecule has 2 amide bonds. The molecule has 1 unspecified atom stereocenters. The number of amides is 2. The van der Waals surface area contributed by atoms with Crippen LogP contribution in [0.25, 0.3) is 0 Å². The van der Waals surface area contributed by atoms with Crippen LogP contribution in [0.5, 0.6) is 5.75 Å². The standard InChI is InChI=1S/C42H37N2O5PS/c1-48-33-24-22-31(23-25-33)27-49-42(47)39-32(29-51-41-38(40(46)44(39)41)43-37(45)26-30-14-6-2-7-15-30)28-50(34-16-8-3-9-17-34,35-18-10-4-11-19-35)36-20-12-5-13-21-36/h2-25,28,38,41H,26-27,29H2,1H3,(H,43,45)/t38?,41-/m1/s1. The average Bonchev–Trinajstić information content (AvgIpc) is 3.19. The molecule has 0 bridgehead atoms. The van der Waals surface area contributed by atoms with Crippen molar-refractivity contribution in [3.05, 3.63) is 168 Å². The summed E-state index contributed by atoms with van der Waals surface area (Å²) in [5.74, 6) is 2.21. The molecule has 7 rings (SSSR count). The minimum atomic E-state index is -2.53. The molecular formula is C42H37N2O5PS. The van der Waals surface area contributed by atoms with Crippen LogP contribution >= 0.6 is 18.6 Å². The molecule has 0 radical (unpaired) electrons. The molecule has 5 aromatic rings. The number of carbonyl (C=O) groups is 3. The molecule has 0 saturated carbocycles. The van der Waals surface area contributed by atoms with Gasteiger partial charge in [-0.05, 0) is 57.4 Å². The summed E-state index contributed by atoms with van der Waals surface area (Å²) in [6.07, 6.45) is 0.159. The lowest BCUT2D eigenvalue weighted by molar-refractivity contribution is -0.153. The Morgan fingerprint density at radius 3 is 1.82 bits per heavy atom. The summed E-state index contributed by atoms with van der Waals surface area (Å²) in [6.45, 7) is -2.51. The Hall–Kier alpha value is -5.30. The lowest BCUT2D eigenvalue weighted by Gasteiger charge is -2.49. The fourth-order valence-electron chi connectivity index (χ4n) is 6.57. The average molecular weight is 713 g/mol. The summed E-state index contributed by atoms with van der Waals surface area (Å²) in [5.41, 5.74) is 2.59. The quantitative estimate of drug-likeness (QED) is 0.112. The van der Waals surface area contributed by atoms with Crippen molar-refractivity contribution in [1.82, 2.24) is 10.2 Å². The molecule has 2 heterocycles. The topological polar surface area (TPSA) is 84.9 Å². The normalized spacial score (nSPS) is 16.8. The molecule has 5 aromatic carbocycles. The van der Waals surface area contributed by atoms with Crippen molar-refractivity contribution in [2.75, 3.05) is 12.9 Å². The summed E-state index contributed by atoms with van der Waals surface area (Å²) in [6, 6.07) is 47.0. The first-order chi connectivity index (χ1) is 25.0. The fraction of sp³-hybridized carbons (Fsp3) is 0.143. The predicted molar refractivity (Wildman–Crippen MR) is 206 cm³/mol. The zero-order valence-corrected chi connectivity index (χ0v) is 29.8. The molecule has 1 saturated heterocycles. The van der Waals surface area contributed by atoms with Crippen LogP contribution < -0.4 is 26.0 Å². The molecule has 51 heavy (non-hydrogen) atoms. The largest absolute Gasteiger partial charge is 0.497 e. The summed E-state index contributed by atoms with van der Waals surface area (Å²) in [4.78, 5) is 42.9. The van der Waals surface area contributed by atoms with E-state index in [4.69, 9.17) is 9.47 Å². The number of ether oxygens (including phenoxy) is 2. The van der Waals surface area contributed by atoms with E-state index in [-0.39, 0.29) is 30.5 Å². The fourth-order valence-corrected chi connectivity index (χ4v) is 11.9. The van der Waals surface area contributed by atoms with Crippen molar-refractivity contribution in [2.45, 2.75) is 24.4 Å². The lowest BCUT2D eigenvalue weighted by Crippen LogP contribution is -2.70. The van der Waals surface area contributed by atoms with Gasteiger partial charge in [-0.15, -0.1) is 11.8 Å². The number of esters is 1. The van der Waals surface area contributed by atoms with Gasteiger partial charge in [0.05, 0.1) is 13.5 Å². The van der Waals surface area contributed by atoms with Gasteiger partial charge in [-0.2, -0.15) is 0 Å². The third-order valence-electron chi connectivity index (χ3n) is 9.08. The number of hydrogen-bond donors (Lipinski definition) is 1. The first-order valence-corrected chi connectivity index (χ1v) is 19.6.